The lowest BCUT2D eigenvalue weighted by atomic mass is 9.90. The average molecular weight is 298 g/mol. The SMILES string of the molecule is [C-]#[N+]c1cc(-c2ccccc2)c(-c2ccccc2)c(C#N)c1F. The number of halogens is 1. The first-order valence-corrected chi connectivity index (χ1v) is 7.01. The molecule has 0 heterocycles. The molecule has 0 saturated heterocycles. The van der Waals surface area contributed by atoms with Gasteiger partial charge in [-0.1, -0.05) is 60.7 Å². The third-order valence-corrected chi connectivity index (χ3v) is 3.62. The van der Waals surface area contributed by atoms with Crippen molar-refractivity contribution in [2.45, 2.75) is 0 Å². The van der Waals surface area contributed by atoms with Gasteiger partial charge in [0.05, 0.1) is 12.1 Å². The summed E-state index contributed by atoms with van der Waals surface area (Å²) in [5, 5.41) is 9.46. The van der Waals surface area contributed by atoms with Crippen molar-refractivity contribution >= 4 is 5.69 Å². The van der Waals surface area contributed by atoms with Gasteiger partial charge in [-0.15, -0.1) is 0 Å². The predicted molar refractivity (Wildman–Crippen MR) is 88.2 cm³/mol. The highest BCUT2D eigenvalue weighted by atomic mass is 19.1. The molecule has 3 aromatic rings. The van der Waals surface area contributed by atoms with E-state index < -0.39 is 5.82 Å². The number of nitrogens with zero attached hydrogens (tertiary/aromatic N) is 2. The van der Waals surface area contributed by atoms with Gasteiger partial charge < -0.3 is 0 Å². The van der Waals surface area contributed by atoms with Crippen LogP contribution >= 0.6 is 0 Å². The molecule has 3 aromatic carbocycles. The fraction of sp³-hybridized carbons (Fsp3) is 0. The lowest BCUT2D eigenvalue weighted by Gasteiger charge is -2.14. The molecule has 3 rings (SSSR count). The van der Waals surface area contributed by atoms with E-state index in [-0.39, 0.29) is 11.3 Å². The fourth-order valence-corrected chi connectivity index (χ4v) is 2.58. The van der Waals surface area contributed by atoms with E-state index in [1.807, 2.05) is 66.7 Å². The van der Waals surface area contributed by atoms with Gasteiger partial charge in [0.2, 0.25) is 5.69 Å². The molecule has 0 aliphatic rings. The van der Waals surface area contributed by atoms with Gasteiger partial charge in [-0.3, -0.25) is 0 Å². The monoisotopic (exact) mass is 298 g/mol. The van der Waals surface area contributed by atoms with Gasteiger partial charge in [0.1, 0.15) is 11.9 Å². The third-order valence-electron chi connectivity index (χ3n) is 3.62. The van der Waals surface area contributed by atoms with E-state index in [9.17, 15) is 9.65 Å². The van der Waals surface area contributed by atoms with E-state index in [1.165, 1.54) is 6.07 Å². The Kier molecular flexibility index (Phi) is 3.87. The molecule has 108 valence electrons. The minimum Gasteiger partial charge on any atom is -0.235 e. The summed E-state index contributed by atoms with van der Waals surface area (Å²) in [5.74, 6) is -0.763. The van der Waals surface area contributed by atoms with E-state index in [1.54, 1.807) is 0 Å². The van der Waals surface area contributed by atoms with Crippen LogP contribution in [0.3, 0.4) is 0 Å². The first-order chi connectivity index (χ1) is 11.3. The molecule has 0 spiro atoms. The van der Waals surface area contributed by atoms with Crippen molar-refractivity contribution < 1.29 is 4.39 Å². The van der Waals surface area contributed by atoms with E-state index in [2.05, 4.69) is 4.85 Å². The van der Waals surface area contributed by atoms with Crippen LogP contribution in [0.4, 0.5) is 10.1 Å². The number of hydrogen-bond acceptors (Lipinski definition) is 1. The zero-order chi connectivity index (χ0) is 16.2. The maximum atomic E-state index is 14.5. The van der Waals surface area contributed by atoms with Crippen molar-refractivity contribution in [1.29, 1.82) is 5.26 Å². The Hall–Kier alpha value is -3.43. The first-order valence-electron chi connectivity index (χ1n) is 7.01. The summed E-state index contributed by atoms with van der Waals surface area (Å²) in [5.41, 5.74) is 2.56. The Balaban J connectivity index is 2.43. The van der Waals surface area contributed by atoms with Crippen molar-refractivity contribution in [3.63, 3.8) is 0 Å². The van der Waals surface area contributed by atoms with Gasteiger partial charge >= 0.3 is 0 Å². The van der Waals surface area contributed by atoms with Crippen LogP contribution in [-0.2, 0) is 0 Å². The minimum absolute atomic E-state index is 0.0939. The molecule has 0 fully saturated rings. The number of nitriles is 1. The lowest BCUT2D eigenvalue weighted by Crippen LogP contribution is -1.94. The summed E-state index contributed by atoms with van der Waals surface area (Å²) in [4.78, 5) is 3.22. The summed E-state index contributed by atoms with van der Waals surface area (Å²) in [6, 6.07) is 22.0. The Morgan fingerprint density at radius 3 is 2.00 bits per heavy atom. The van der Waals surface area contributed by atoms with Crippen LogP contribution in [0.5, 0.6) is 0 Å². The van der Waals surface area contributed by atoms with Crippen LogP contribution < -0.4 is 0 Å². The van der Waals surface area contributed by atoms with Gasteiger partial charge in [0.25, 0.3) is 0 Å². The molecule has 0 unspecified atom stereocenters. The molecular weight excluding hydrogens is 287 g/mol. The van der Waals surface area contributed by atoms with Crippen LogP contribution in [-0.4, -0.2) is 0 Å². The molecule has 2 nitrogen and oxygen atoms in total. The highest BCUT2D eigenvalue weighted by molar-refractivity contribution is 5.90. The van der Waals surface area contributed by atoms with Crippen molar-refractivity contribution in [3.05, 3.63) is 89.5 Å². The van der Waals surface area contributed by atoms with Crippen LogP contribution in [0.25, 0.3) is 27.1 Å². The number of benzene rings is 3. The molecule has 0 saturated carbocycles. The maximum absolute atomic E-state index is 14.5. The molecule has 0 atom stereocenters. The molecule has 0 aliphatic heterocycles. The van der Waals surface area contributed by atoms with Crippen molar-refractivity contribution in [3.8, 4) is 28.3 Å². The summed E-state index contributed by atoms with van der Waals surface area (Å²) >= 11 is 0. The molecule has 23 heavy (non-hydrogen) atoms. The van der Waals surface area contributed by atoms with E-state index in [0.29, 0.717) is 11.1 Å². The zero-order valence-electron chi connectivity index (χ0n) is 12.1. The first kappa shape index (κ1) is 14.5. The van der Waals surface area contributed by atoms with E-state index in [4.69, 9.17) is 6.57 Å². The smallest absolute Gasteiger partial charge is 0.224 e. The van der Waals surface area contributed by atoms with E-state index in [0.717, 1.165) is 11.1 Å². The molecule has 0 N–H and O–H groups in total. The fourth-order valence-electron chi connectivity index (χ4n) is 2.58. The zero-order valence-corrected chi connectivity index (χ0v) is 12.1. The Labute approximate surface area is 133 Å². The second-order valence-corrected chi connectivity index (χ2v) is 4.96. The van der Waals surface area contributed by atoms with Gasteiger partial charge in [-0.25, -0.2) is 9.24 Å². The third kappa shape index (κ3) is 2.57. The van der Waals surface area contributed by atoms with E-state index >= 15 is 0 Å². The van der Waals surface area contributed by atoms with Gasteiger partial charge in [-0.2, -0.15) is 5.26 Å². The second-order valence-electron chi connectivity index (χ2n) is 4.96. The Bertz CT molecular complexity index is 933. The Morgan fingerprint density at radius 2 is 1.48 bits per heavy atom. The summed E-state index contributed by atoms with van der Waals surface area (Å²) in [6.07, 6.45) is 0. The van der Waals surface area contributed by atoms with Crippen LogP contribution in [0.1, 0.15) is 5.56 Å². The quantitative estimate of drug-likeness (QED) is 0.567. The van der Waals surface area contributed by atoms with Crippen LogP contribution in [0.2, 0.25) is 0 Å². The molecule has 0 aromatic heterocycles. The topological polar surface area (TPSA) is 28.1 Å². The van der Waals surface area contributed by atoms with Gasteiger partial charge in [0.15, 0.2) is 0 Å². The van der Waals surface area contributed by atoms with Crippen molar-refractivity contribution in [1.82, 2.24) is 0 Å². The Morgan fingerprint density at radius 1 is 0.913 bits per heavy atom. The molecular formula is C20H11FN2. The number of hydrogen-bond donors (Lipinski definition) is 0. The molecule has 3 heteroatoms. The van der Waals surface area contributed by atoms with Crippen molar-refractivity contribution in [2.24, 2.45) is 0 Å². The largest absolute Gasteiger partial charge is 0.235 e. The summed E-state index contributed by atoms with van der Waals surface area (Å²) < 4.78 is 14.5. The summed E-state index contributed by atoms with van der Waals surface area (Å²) in [7, 11) is 0. The second kappa shape index (κ2) is 6.13. The molecule has 0 bridgehead atoms. The standard InChI is InChI=1S/C20H11FN2/c1-23-18-12-16(14-8-4-2-5-9-14)19(17(13-22)20(18)21)15-10-6-3-7-11-15/h2-12H. The lowest BCUT2D eigenvalue weighted by molar-refractivity contribution is 0.630. The average Bonchev–Trinajstić information content (AvgIpc) is 2.62. The molecule has 0 aliphatic carbocycles. The van der Waals surface area contributed by atoms with Crippen LogP contribution in [0, 0.1) is 23.7 Å². The maximum Gasteiger partial charge on any atom is 0.224 e. The highest BCUT2D eigenvalue weighted by Gasteiger charge is 2.20. The molecule has 0 radical (unpaired) electrons. The summed E-state index contributed by atoms with van der Waals surface area (Å²) in [6.45, 7) is 7.17. The van der Waals surface area contributed by atoms with Gasteiger partial charge in [-0.05, 0) is 22.8 Å². The predicted octanol–water partition coefficient (Wildman–Crippen LogP) is 5.58. The minimum atomic E-state index is -0.763. The normalized spacial score (nSPS) is 9.87. The molecule has 0 amide bonds. The van der Waals surface area contributed by atoms with Crippen molar-refractivity contribution in [2.75, 3.05) is 0 Å². The number of rotatable bonds is 2. The van der Waals surface area contributed by atoms with Gasteiger partial charge in [0, 0.05) is 5.56 Å². The van der Waals surface area contributed by atoms with Crippen LogP contribution in [0.15, 0.2) is 66.7 Å². The highest BCUT2D eigenvalue weighted by Crippen LogP contribution is 2.40.